The normalized spacial score (nSPS) is 10.9. The molecule has 134 valence electrons. The van der Waals surface area contributed by atoms with Crippen molar-refractivity contribution in [3.05, 3.63) is 92.9 Å². The summed E-state index contributed by atoms with van der Waals surface area (Å²) in [5.74, 6) is -1.35. The summed E-state index contributed by atoms with van der Waals surface area (Å²) in [6, 6.07) is 13.6. The summed E-state index contributed by atoms with van der Waals surface area (Å²) in [5, 5.41) is 0.550. The van der Waals surface area contributed by atoms with Crippen LogP contribution in [0.4, 0.5) is 8.78 Å². The molecule has 0 fully saturated rings. The highest BCUT2D eigenvalue weighted by molar-refractivity contribution is 7.98. The summed E-state index contributed by atoms with van der Waals surface area (Å²) < 4.78 is 27.8. The van der Waals surface area contributed by atoms with E-state index in [1.54, 1.807) is 7.05 Å². The highest BCUT2D eigenvalue weighted by Gasteiger charge is 2.13. The van der Waals surface area contributed by atoms with Crippen molar-refractivity contribution < 1.29 is 8.78 Å². The van der Waals surface area contributed by atoms with Crippen LogP contribution in [0.15, 0.2) is 58.5 Å². The third-order valence-electron chi connectivity index (χ3n) is 4.13. The lowest BCUT2D eigenvalue weighted by Crippen LogP contribution is -2.25. The van der Waals surface area contributed by atoms with Crippen LogP contribution in [0.1, 0.15) is 22.4 Å². The van der Waals surface area contributed by atoms with Gasteiger partial charge in [0.1, 0.15) is 0 Å². The third kappa shape index (κ3) is 4.02. The topological polar surface area (TPSA) is 34.9 Å². The Kier molecular flexibility index (Phi) is 5.52. The SMILES string of the molecule is Cc1nc(SCc2ccc(F)c(F)c2)n(C)c(=O)c1Cc1ccccc1. The van der Waals surface area contributed by atoms with Crippen molar-refractivity contribution in [3.8, 4) is 0 Å². The maximum atomic E-state index is 13.3. The number of nitrogens with zero attached hydrogens (tertiary/aromatic N) is 2. The van der Waals surface area contributed by atoms with Crippen LogP contribution in [-0.2, 0) is 19.2 Å². The summed E-state index contributed by atoms with van der Waals surface area (Å²) >= 11 is 1.32. The highest BCUT2D eigenvalue weighted by Crippen LogP contribution is 2.22. The van der Waals surface area contributed by atoms with Crippen LogP contribution < -0.4 is 5.56 Å². The molecule has 3 nitrogen and oxygen atoms in total. The average Bonchev–Trinajstić information content (AvgIpc) is 2.64. The maximum absolute atomic E-state index is 13.3. The molecule has 3 rings (SSSR count). The molecule has 0 saturated heterocycles. The van der Waals surface area contributed by atoms with E-state index in [0.29, 0.717) is 34.2 Å². The maximum Gasteiger partial charge on any atom is 0.257 e. The molecule has 1 aromatic heterocycles. The zero-order valence-electron chi connectivity index (χ0n) is 14.5. The van der Waals surface area contributed by atoms with Gasteiger partial charge in [-0.05, 0) is 30.2 Å². The summed E-state index contributed by atoms with van der Waals surface area (Å²) in [6.45, 7) is 1.82. The van der Waals surface area contributed by atoms with E-state index in [0.717, 1.165) is 17.7 Å². The van der Waals surface area contributed by atoms with Gasteiger partial charge in [0.15, 0.2) is 16.8 Å². The standard InChI is InChI=1S/C20H18F2N2OS/c1-13-16(10-14-6-4-3-5-7-14)19(25)24(2)20(23-13)26-12-15-8-9-17(21)18(22)11-15/h3-9,11H,10,12H2,1-2H3. The van der Waals surface area contributed by atoms with Gasteiger partial charge in [0.05, 0.1) is 0 Å². The molecule has 0 amide bonds. The minimum absolute atomic E-state index is 0.0888. The van der Waals surface area contributed by atoms with Crippen molar-refractivity contribution in [1.82, 2.24) is 9.55 Å². The van der Waals surface area contributed by atoms with Gasteiger partial charge in [-0.15, -0.1) is 0 Å². The monoisotopic (exact) mass is 372 g/mol. The predicted octanol–water partition coefficient (Wildman–Crippen LogP) is 4.25. The zero-order valence-corrected chi connectivity index (χ0v) is 15.3. The number of hydrogen-bond donors (Lipinski definition) is 0. The van der Waals surface area contributed by atoms with Gasteiger partial charge < -0.3 is 0 Å². The van der Waals surface area contributed by atoms with Crippen LogP contribution in [0.3, 0.4) is 0 Å². The molecule has 26 heavy (non-hydrogen) atoms. The van der Waals surface area contributed by atoms with E-state index < -0.39 is 11.6 Å². The molecule has 0 unspecified atom stereocenters. The van der Waals surface area contributed by atoms with Gasteiger partial charge in [0.25, 0.3) is 5.56 Å². The Balaban J connectivity index is 1.83. The predicted molar refractivity (Wildman–Crippen MR) is 99.4 cm³/mol. The third-order valence-corrected chi connectivity index (χ3v) is 5.23. The van der Waals surface area contributed by atoms with Crippen molar-refractivity contribution in [2.75, 3.05) is 0 Å². The van der Waals surface area contributed by atoms with E-state index in [9.17, 15) is 13.6 Å². The van der Waals surface area contributed by atoms with E-state index in [1.165, 1.54) is 22.4 Å². The van der Waals surface area contributed by atoms with Gasteiger partial charge >= 0.3 is 0 Å². The minimum Gasteiger partial charge on any atom is -0.291 e. The van der Waals surface area contributed by atoms with Crippen molar-refractivity contribution in [3.63, 3.8) is 0 Å². The van der Waals surface area contributed by atoms with Crippen LogP contribution >= 0.6 is 11.8 Å². The van der Waals surface area contributed by atoms with Crippen LogP contribution in [0.2, 0.25) is 0 Å². The molecule has 0 aliphatic rings. The van der Waals surface area contributed by atoms with Crippen molar-refractivity contribution in [1.29, 1.82) is 0 Å². The molecule has 1 heterocycles. The summed E-state index contributed by atoms with van der Waals surface area (Å²) in [4.78, 5) is 17.3. The molecule has 2 aromatic carbocycles. The van der Waals surface area contributed by atoms with Crippen LogP contribution in [0, 0.1) is 18.6 Å². The van der Waals surface area contributed by atoms with Gasteiger partial charge in [0.2, 0.25) is 0 Å². The molecule has 0 bridgehead atoms. The lowest BCUT2D eigenvalue weighted by Gasteiger charge is -2.12. The number of thioether (sulfide) groups is 1. The van der Waals surface area contributed by atoms with Gasteiger partial charge in [-0.2, -0.15) is 0 Å². The second-order valence-corrected chi connectivity index (χ2v) is 6.96. The largest absolute Gasteiger partial charge is 0.291 e. The number of aryl methyl sites for hydroxylation is 1. The van der Waals surface area contributed by atoms with Gasteiger partial charge in [-0.25, -0.2) is 13.8 Å². The molecular formula is C20H18F2N2OS. The Morgan fingerprint density at radius 3 is 2.46 bits per heavy atom. The van der Waals surface area contributed by atoms with E-state index in [-0.39, 0.29) is 5.56 Å². The van der Waals surface area contributed by atoms with E-state index in [4.69, 9.17) is 0 Å². The van der Waals surface area contributed by atoms with Crippen molar-refractivity contribution >= 4 is 11.8 Å². The Morgan fingerprint density at radius 2 is 1.77 bits per heavy atom. The summed E-state index contributed by atoms with van der Waals surface area (Å²) in [6.07, 6.45) is 0.528. The molecule has 0 saturated carbocycles. The first kappa shape index (κ1) is 18.3. The average molecular weight is 372 g/mol. The molecule has 0 spiro atoms. The fourth-order valence-corrected chi connectivity index (χ4v) is 3.59. The molecule has 0 radical (unpaired) electrons. The molecule has 0 N–H and O–H groups in total. The second-order valence-electron chi connectivity index (χ2n) is 6.02. The minimum atomic E-state index is -0.876. The lowest BCUT2D eigenvalue weighted by molar-refractivity contribution is 0.507. The quantitative estimate of drug-likeness (QED) is 0.496. The van der Waals surface area contributed by atoms with Crippen molar-refractivity contribution in [2.45, 2.75) is 24.3 Å². The number of aromatic nitrogens is 2. The lowest BCUT2D eigenvalue weighted by atomic mass is 10.1. The zero-order chi connectivity index (χ0) is 18.7. The van der Waals surface area contributed by atoms with Gasteiger partial charge in [-0.1, -0.05) is 48.2 Å². The fraction of sp³-hybridized carbons (Fsp3) is 0.200. The second kappa shape index (κ2) is 7.83. The smallest absolute Gasteiger partial charge is 0.257 e. The van der Waals surface area contributed by atoms with E-state index in [1.807, 2.05) is 37.3 Å². The molecule has 0 aliphatic heterocycles. The first-order valence-corrected chi connectivity index (χ1v) is 9.11. The number of hydrogen-bond acceptors (Lipinski definition) is 3. The van der Waals surface area contributed by atoms with Crippen molar-refractivity contribution in [2.24, 2.45) is 7.05 Å². The fourth-order valence-electron chi connectivity index (χ4n) is 2.64. The molecule has 3 aromatic rings. The molecule has 6 heteroatoms. The van der Waals surface area contributed by atoms with E-state index in [2.05, 4.69) is 4.98 Å². The summed E-state index contributed by atoms with van der Waals surface area (Å²) in [7, 11) is 1.68. The number of halogens is 2. The Morgan fingerprint density at radius 1 is 1.04 bits per heavy atom. The summed E-state index contributed by atoms with van der Waals surface area (Å²) in [5.41, 5.74) is 2.95. The number of benzene rings is 2. The first-order chi connectivity index (χ1) is 12.5. The number of rotatable bonds is 5. The highest BCUT2D eigenvalue weighted by atomic mass is 32.2. The molecule has 0 atom stereocenters. The Labute approximate surface area is 154 Å². The van der Waals surface area contributed by atoms with Gasteiger partial charge in [-0.3, -0.25) is 9.36 Å². The van der Waals surface area contributed by atoms with Crippen LogP contribution in [0.25, 0.3) is 0 Å². The van der Waals surface area contributed by atoms with E-state index >= 15 is 0 Å². The Hall–Kier alpha value is -2.47. The first-order valence-electron chi connectivity index (χ1n) is 8.13. The Bertz CT molecular complexity index is 987. The van der Waals surface area contributed by atoms with Gasteiger partial charge in [0, 0.05) is 30.5 Å². The van der Waals surface area contributed by atoms with Crippen LogP contribution in [0.5, 0.6) is 0 Å². The van der Waals surface area contributed by atoms with Crippen LogP contribution in [-0.4, -0.2) is 9.55 Å². The molecular weight excluding hydrogens is 354 g/mol. The molecule has 0 aliphatic carbocycles.